The Morgan fingerprint density at radius 1 is 1.30 bits per heavy atom. The van der Waals surface area contributed by atoms with Crippen molar-refractivity contribution in [2.75, 3.05) is 7.11 Å². The molecule has 0 radical (unpaired) electrons. The van der Waals surface area contributed by atoms with E-state index in [9.17, 15) is 9.50 Å². The van der Waals surface area contributed by atoms with Gasteiger partial charge in [0.25, 0.3) is 0 Å². The number of hydrogen-bond acceptors (Lipinski definition) is 3. The topological polar surface area (TPSA) is 58.1 Å². The monoisotopic (exact) mass is 320 g/mol. The van der Waals surface area contributed by atoms with Crippen molar-refractivity contribution in [1.82, 2.24) is 9.97 Å². The lowest BCUT2D eigenvalue weighted by molar-refractivity contribution is 0.320. The number of ether oxygens (including phenoxy) is 1. The second-order valence-corrected chi connectivity index (χ2v) is 5.91. The summed E-state index contributed by atoms with van der Waals surface area (Å²) in [5.41, 5.74) is 1.68. The van der Waals surface area contributed by atoms with E-state index in [1.807, 2.05) is 0 Å². The number of methoxy groups -OCH3 is 1. The zero-order valence-electron chi connectivity index (χ0n) is 14.0. The molecular weight excluding hydrogens is 295 g/mol. The molecule has 0 saturated heterocycles. The maximum absolute atomic E-state index is 13.2. The van der Waals surface area contributed by atoms with Crippen LogP contribution in [0.3, 0.4) is 0 Å². The Labute approximate surface area is 136 Å². The molecule has 0 amide bonds. The van der Waals surface area contributed by atoms with E-state index in [1.165, 1.54) is 0 Å². The fourth-order valence-electron chi connectivity index (χ4n) is 2.78. The first-order chi connectivity index (χ1) is 11.0. The molecule has 0 aliphatic heterocycles. The van der Waals surface area contributed by atoms with Gasteiger partial charge in [0.2, 0.25) is 0 Å². The van der Waals surface area contributed by atoms with Crippen molar-refractivity contribution < 1.29 is 14.2 Å². The molecule has 1 aromatic carbocycles. The van der Waals surface area contributed by atoms with Crippen molar-refractivity contribution in [2.24, 2.45) is 0 Å². The third kappa shape index (κ3) is 4.47. The minimum absolute atomic E-state index is 0.158. The first kappa shape index (κ1) is 17.3. The zero-order chi connectivity index (χ0) is 16.8. The molecule has 2 N–H and O–H groups in total. The number of hydrogen-bond donors (Lipinski definition) is 2. The number of aromatic hydroxyl groups is 1. The molecule has 0 fully saturated rings. The molecule has 0 aliphatic rings. The first-order valence-corrected chi connectivity index (χ1v) is 8.11. The number of aromatic amines is 1. The first-order valence-electron chi connectivity index (χ1n) is 8.11. The van der Waals surface area contributed by atoms with Crippen LogP contribution in [0, 0.1) is 0 Å². The molecule has 23 heavy (non-hydrogen) atoms. The van der Waals surface area contributed by atoms with E-state index >= 15 is 0 Å². The summed E-state index contributed by atoms with van der Waals surface area (Å²) in [4.78, 5) is 7.83. The molecule has 2 atom stereocenters. The van der Waals surface area contributed by atoms with Gasteiger partial charge in [0.05, 0.1) is 25.2 Å². The number of benzene rings is 1. The molecule has 5 heteroatoms. The molecule has 0 aliphatic carbocycles. The molecule has 4 nitrogen and oxygen atoms in total. The van der Waals surface area contributed by atoms with Crippen LogP contribution in [0.5, 0.6) is 11.5 Å². The van der Waals surface area contributed by atoms with Crippen molar-refractivity contribution in [3.8, 4) is 22.8 Å². The van der Waals surface area contributed by atoms with Crippen LogP contribution < -0.4 is 4.74 Å². The summed E-state index contributed by atoms with van der Waals surface area (Å²) in [6, 6.07) is 4.99. The zero-order valence-corrected chi connectivity index (χ0v) is 14.0. The van der Waals surface area contributed by atoms with Gasteiger partial charge in [-0.05, 0) is 38.3 Å². The molecule has 126 valence electrons. The number of imidazole rings is 1. The minimum Gasteiger partial charge on any atom is -0.508 e. The summed E-state index contributed by atoms with van der Waals surface area (Å²) in [6.45, 7) is 3.72. The van der Waals surface area contributed by atoms with Crippen LogP contribution in [0.15, 0.2) is 24.4 Å². The lowest BCUT2D eigenvalue weighted by Crippen LogP contribution is -2.04. The number of nitrogens with one attached hydrogen (secondary N) is 1. The molecule has 1 aromatic heterocycles. The van der Waals surface area contributed by atoms with Crippen molar-refractivity contribution in [3.63, 3.8) is 0 Å². The van der Waals surface area contributed by atoms with Crippen LogP contribution in [-0.4, -0.2) is 28.4 Å². The Morgan fingerprint density at radius 2 is 2.09 bits per heavy atom. The van der Waals surface area contributed by atoms with Crippen LogP contribution in [0.2, 0.25) is 0 Å². The van der Waals surface area contributed by atoms with Gasteiger partial charge in [-0.3, -0.25) is 0 Å². The Balaban J connectivity index is 2.24. The largest absolute Gasteiger partial charge is 0.508 e. The van der Waals surface area contributed by atoms with Gasteiger partial charge < -0.3 is 14.8 Å². The second kappa shape index (κ2) is 7.99. The number of phenolic OH excluding ortho intramolecular Hbond substituents is 1. The predicted octanol–water partition coefficient (Wildman–Crippen LogP) is 4.81. The fraction of sp³-hybridized carbons (Fsp3) is 0.500. The van der Waals surface area contributed by atoms with Gasteiger partial charge in [0.1, 0.15) is 17.3 Å². The summed E-state index contributed by atoms with van der Waals surface area (Å²) in [7, 11) is 1.57. The van der Waals surface area contributed by atoms with Gasteiger partial charge in [-0.25, -0.2) is 9.37 Å². The lowest BCUT2D eigenvalue weighted by atomic mass is 9.96. The molecule has 1 heterocycles. The van der Waals surface area contributed by atoms with Gasteiger partial charge in [-0.1, -0.05) is 13.3 Å². The third-order valence-electron chi connectivity index (χ3n) is 4.01. The summed E-state index contributed by atoms with van der Waals surface area (Å²) in [5, 5.41) is 9.56. The normalized spacial score (nSPS) is 13.7. The Morgan fingerprint density at radius 3 is 2.74 bits per heavy atom. The van der Waals surface area contributed by atoms with E-state index in [2.05, 4.69) is 16.9 Å². The Kier molecular flexibility index (Phi) is 6.02. The predicted molar refractivity (Wildman–Crippen MR) is 89.7 cm³/mol. The summed E-state index contributed by atoms with van der Waals surface area (Å²) in [5.74, 6) is 1.86. The number of aromatic nitrogens is 2. The van der Waals surface area contributed by atoms with Gasteiger partial charge in [0.15, 0.2) is 0 Å². The number of rotatable bonds is 8. The smallest absolute Gasteiger partial charge is 0.131 e. The van der Waals surface area contributed by atoms with Crippen molar-refractivity contribution in [2.45, 2.75) is 51.6 Å². The summed E-state index contributed by atoms with van der Waals surface area (Å²) in [6.07, 6.45) is 4.32. The third-order valence-corrected chi connectivity index (χ3v) is 4.01. The van der Waals surface area contributed by atoms with E-state index in [0.717, 1.165) is 36.3 Å². The SMILES string of the molecule is CCCC(CCC(C)F)c1ncc(-c2ccc(O)cc2OC)[nH]1. The molecule has 0 spiro atoms. The summed E-state index contributed by atoms with van der Waals surface area (Å²) < 4.78 is 18.5. The molecule has 2 rings (SSSR count). The highest BCUT2D eigenvalue weighted by Crippen LogP contribution is 2.33. The number of H-pyrrole nitrogens is 1. The van der Waals surface area contributed by atoms with Gasteiger partial charge >= 0.3 is 0 Å². The lowest BCUT2D eigenvalue weighted by Gasteiger charge is -2.14. The van der Waals surface area contributed by atoms with Gasteiger partial charge in [0, 0.05) is 17.5 Å². The Bertz CT molecular complexity index is 625. The highest BCUT2D eigenvalue weighted by atomic mass is 19.1. The quantitative estimate of drug-likeness (QED) is 0.733. The molecule has 2 unspecified atom stereocenters. The van der Waals surface area contributed by atoms with Crippen molar-refractivity contribution >= 4 is 0 Å². The number of halogens is 1. The van der Waals surface area contributed by atoms with Crippen LogP contribution in [0.4, 0.5) is 4.39 Å². The van der Waals surface area contributed by atoms with Crippen LogP contribution in [0.25, 0.3) is 11.3 Å². The van der Waals surface area contributed by atoms with Gasteiger partial charge in [-0.2, -0.15) is 0 Å². The van der Waals surface area contributed by atoms with Crippen LogP contribution in [0.1, 0.15) is 51.3 Å². The molecule has 2 aromatic rings. The van der Waals surface area contributed by atoms with E-state index < -0.39 is 6.17 Å². The highest BCUT2D eigenvalue weighted by molar-refractivity contribution is 5.68. The van der Waals surface area contributed by atoms with Crippen molar-refractivity contribution in [1.29, 1.82) is 0 Å². The maximum Gasteiger partial charge on any atom is 0.131 e. The van der Waals surface area contributed by atoms with E-state index in [0.29, 0.717) is 12.2 Å². The number of nitrogens with zero attached hydrogens (tertiary/aromatic N) is 1. The average molecular weight is 320 g/mol. The summed E-state index contributed by atoms with van der Waals surface area (Å²) >= 11 is 0. The number of phenols is 1. The number of alkyl halides is 1. The van der Waals surface area contributed by atoms with E-state index in [1.54, 1.807) is 38.4 Å². The molecule has 0 saturated carbocycles. The highest BCUT2D eigenvalue weighted by Gasteiger charge is 2.17. The van der Waals surface area contributed by atoms with E-state index in [-0.39, 0.29) is 11.7 Å². The minimum atomic E-state index is -0.791. The fourth-order valence-corrected chi connectivity index (χ4v) is 2.78. The van der Waals surface area contributed by atoms with Gasteiger partial charge in [-0.15, -0.1) is 0 Å². The van der Waals surface area contributed by atoms with E-state index in [4.69, 9.17) is 4.74 Å². The molecule has 0 bridgehead atoms. The maximum atomic E-state index is 13.2. The van der Waals surface area contributed by atoms with Crippen molar-refractivity contribution in [3.05, 3.63) is 30.2 Å². The molecular formula is C18H25FN2O2. The van der Waals surface area contributed by atoms with Crippen LogP contribution >= 0.6 is 0 Å². The Hall–Kier alpha value is -2.04. The van der Waals surface area contributed by atoms with Crippen LogP contribution in [-0.2, 0) is 0 Å². The second-order valence-electron chi connectivity index (χ2n) is 5.91. The standard InChI is InChI=1S/C18H25FN2O2/c1-4-5-13(7-6-12(2)19)18-20-11-16(21-18)15-9-8-14(22)10-17(15)23-3/h8-13,22H,4-7H2,1-3H3,(H,20,21). The average Bonchev–Trinajstić information content (AvgIpc) is 3.00.